The average molecular weight is 447 g/mol. The minimum Gasteiger partial charge on any atom is -0.507 e. The van der Waals surface area contributed by atoms with Crippen molar-refractivity contribution in [1.29, 1.82) is 0 Å². The van der Waals surface area contributed by atoms with Gasteiger partial charge in [-0.25, -0.2) is 0 Å². The summed E-state index contributed by atoms with van der Waals surface area (Å²) in [6.45, 7) is 3.28. The lowest BCUT2D eigenvalue weighted by atomic mass is 9.99. The summed E-state index contributed by atoms with van der Waals surface area (Å²) in [7, 11) is 1.95. The molecule has 162 valence electrons. The Bertz CT molecular complexity index is 1230. The molecule has 0 aliphatic carbocycles. The third-order valence-corrected chi connectivity index (χ3v) is 6.82. The van der Waals surface area contributed by atoms with E-state index in [1.807, 2.05) is 60.6 Å². The Morgan fingerprint density at radius 3 is 2.62 bits per heavy atom. The molecule has 32 heavy (non-hydrogen) atoms. The quantitative estimate of drug-likeness (QED) is 0.364. The van der Waals surface area contributed by atoms with E-state index in [0.717, 1.165) is 28.4 Å². The third kappa shape index (κ3) is 3.26. The van der Waals surface area contributed by atoms with Gasteiger partial charge in [0.1, 0.15) is 24.2 Å². The van der Waals surface area contributed by atoms with Crippen LogP contribution in [-0.4, -0.2) is 37.0 Å². The number of nitrogens with zero attached hydrogens (tertiary/aromatic N) is 2. The van der Waals surface area contributed by atoms with E-state index in [1.165, 1.54) is 16.2 Å². The first kappa shape index (κ1) is 20.3. The summed E-state index contributed by atoms with van der Waals surface area (Å²) in [5.74, 6) is -0.792. The smallest absolute Gasteiger partial charge is 0.300 e. The van der Waals surface area contributed by atoms with Crippen LogP contribution in [0.25, 0.3) is 5.76 Å². The van der Waals surface area contributed by atoms with Crippen molar-refractivity contribution in [3.63, 3.8) is 0 Å². The summed E-state index contributed by atoms with van der Waals surface area (Å²) in [4.78, 5) is 30.7. The number of Topliss-reactive ketones (excluding diaryl/α,β-unsaturated/α-hetero) is 1. The van der Waals surface area contributed by atoms with Crippen LogP contribution in [0.3, 0.4) is 0 Å². The van der Waals surface area contributed by atoms with Gasteiger partial charge < -0.3 is 14.7 Å². The van der Waals surface area contributed by atoms with Gasteiger partial charge in [0.05, 0.1) is 17.8 Å². The Hall–Kier alpha value is -3.58. The number of benzene rings is 2. The number of amides is 1. The molecule has 0 spiro atoms. The number of carbonyl (C=O) groups excluding carboxylic acids is 2. The van der Waals surface area contributed by atoms with Gasteiger partial charge in [0.25, 0.3) is 11.7 Å². The molecule has 2 aliphatic heterocycles. The van der Waals surface area contributed by atoms with E-state index in [2.05, 4.69) is 0 Å². The van der Waals surface area contributed by atoms with Gasteiger partial charge in [0.15, 0.2) is 0 Å². The zero-order valence-corrected chi connectivity index (χ0v) is 18.6. The number of likely N-dealkylation sites (N-methyl/N-ethyl adjacent to an activating group) is 1. The van der Waals surface area contributed by atoms with Crippen molar-refractivity contribution in [3.05, 3.63) is 81.6 Å². The first-order chi connectivity index (χ1) is 15.5. The Morgan fingerprint density at radius 2 is 1.91 bits per heavy atom. The van der Waals surface area contributed by atoms with Crippen LogP contribution >= 0.6 is 11.3 Å². The highest BCUT2D eigenvalue weighted by molar-refractivity contribution is 7.10. The second-order valence-electron chi connectivity index (χ2n) is 7.97. The van der Waals surface area contributed by atoms with E-state index in [0.29, 0.717) is 17.9 Å². The minimum atomic E-state index is -0.692. The number of ether oxygens (including phenoxy) is 1. The number of ketones is 1. The number of carbonyl (C=O) groups is 2. The molecule has 2 aliphatic rings. The number of aliphatic hydroxyl groups excluding tert-OH is 1. The molecule has 1 unspecified atom stereocenters. The van der Waals surface area contributed by atoms with Gasteiger partial charge in [-0.1, -0.05) is 23.8 Å². The Labute approximate surface area is 190 Å². The molecule has 2 aromatic carbocycles. The Balaban J connectivity index is 1.67. The number of hydrogen-bond acceptors (Lipinski definition) is 6. The van der Waals surface area contributed by atoms with Crippen molar-refractivity contribution in [2.24, 2.45) is 0 Å². The average Bonchev–Trinajstić information content (AvgIpc) is 3.41. The fourth-order valence-electron chi connectivity index (χ4n) is 4.17. The van der Waals surface area contributed by atoms with E-state index in [4.69, 9.17) is 4.74 Å². The molecule has 1 N–H and O–H groups in total. The Kier molecular flexibility index (Phi) is 4.98. The molecular weight excluding hydrogens is 424 g/mol. The third-order valence-electron chi connectivity index (χ3n) is 5.90. The van der Waals surface area contributed by atoms with Crippen LogP contribution in [0.2, 0.25) is 0 Å². The molecule has 5 rings (SSSR count). The number of rotatable bonds is 3. The molecule has 0 bridgehead atoms. The molecule has 3 heterocycles. The zero-order valence-electron chi connectivity index (χ0n) is 17.7. The van der Waals surface area contributed by atoms with Gasteiger partial charge in [-0.05, 0) is 48.7 Å². The summed E-state index contributed by atoms with van der Waals surface area (Å²) in [6, 6.07) is 15.8. The van der Waals surface area contributed by atoms with Gasteiger partial charge in [-0.2, -0.15) is 0 Å². The number of aryl methyl sites for hydroxylation is 1. The largest absolute Gasteiger partial charge is 0.507 e. The van der Waals surface area contributed by atoms with Crippen LogP contribution in [0.15, 0.2) is 65.6 Å². The first-order valence-electron chi connectivity index (χ1n) is 10.3. The summed E-state index contributed by atoms with van der Waals surface area (Å²) < 4.78 is 5.69. The highest BCUT2D eigenvalue weighted by Crippen LogP contribution is 2.44. The lowest BCUT2D eigenvalue weighted by Gasteiger charge is -2.28. The highest BCUT2D eigenvalue weighted by Gasteiger charge is 2.47. The van der Waals surface area contributed by atoms with Crippen LogP contribution < -0.4 is 14.5 Å². The summed E-state index contributed by atoms with van der Waals surface area (Å²) in [5, 5.41) is 13.2. The monoisotopic (exact) mass is 446 g/mol. The second-order valence-corrected chi connectivity index (χ2v) is 8.95. The molecule has 0 radical (unpaired) electrons. The van der Waals surface area contributed by atoms with Crippen LogP contribution in [0.5, 0.6) is 5.75 Å². The summed E-state index contributed by atoms with van der Waals surface area (Å²) in [5.41, 5.74) is 3.08. The zero-order chi connectivity index (χ0) is 22.4. The maximum atomic E-state index is 13.2. The van der Waals surface area contributed by atoms with Gasteiger partial charge in [0, 0.05) is 23.2 Å². The molecule has 1 atom stereocenters. The fraction of sp³-hybridized carbons (Fsp3) is 0.200. The van der Waals surface area contributed by atoms with Crippen LogP contribution in [0.1, 0.15) is 22.0 Å². The number of anilines is 2. The van der Waals surface area contributed by atoms with Crippen molar-refractivity contribution in [1.82, 2.24) is 0 Å². The maximum Gasteiger partial charge on any atom is 0.300 e. The maximum absolute atomic E-state index is 13.2. The van der Waals surface area contributed by atoms with Crippen molar-refractivity contribution < 1.29 is 19.4 Å². The van der Waals surface area contributed by atoms with E-state index < -0.39 is 17.7 Å². The predicted octanol–water partition coefficient (Wildman–Crippen LogP) is 4.51. The first-order valence-corrected chi connectivity index (χ1v) is 11.2. The van der Waals surface area contributed by atoms with Crippen molar-refractivity contribution in [2.75, 3.05) is 30.0 Å². The standard InChI is InChI=1S/C25H22N2O4S/c1-15-5-8-17(9-6-15)27-22(20-4-3-13-32-20)21(24(29)25(27)30)23(28)16-7-10-19-18(14-16)26(2)11-12-31-19/h3-10,13-14,22,28H,11-12H2,1-2H3/b23-21-. The minimum absolute atomic E-state index is 0.0948. The van der Waals surface area contributed by atoms with Crippen LogP contribution in [-0.2, 0) is 9.59 Å². The second kappa shape index (κ2) is 7.84. The highest BCUT2D eigenvalue weighted by atomic mass is 32.1. The van der Waals surface area contributed by atoms with Gasteiger partial charge in [0.2, 0.25) is 0 Å². The molecular formula is C25H22N2O4S. The van der Waals surface area contributed by atoms with Gasteiger partial charge >= 0.3 is 0 Å². The molecule has 1 fully saturated rings. The van der Waals surface area contributed by atoms with E-state index in [9.17, 15) is 14.7 Å². The molecule has 7 heteroatoms. The van der Waals surface area contributed by atoms with Crippen molar-refractivity contribution >= 4 is 40.2 Å². The molecule has 1 aromatic heterocycles. The lowest BCUT2D eigenvalue weighted by molar-refractivity contribution is -0.132. The summed E-state index contributed by atoms with van der Waals surface area (Å²) in [6.07, 6.45) is 0. The fourth-order valence-corrected chi connectivity index (χ4v) is 5.00. The van der Waals surface area contributed by atoms with E-state index in [-0.39, 0.29) is 11.3 Å². The lowest BCUT2D eigenvalue weighted by Crippen LogP contribution is -2.29. The predicted molar refractivity (Wildman–Crippen MR) is 125 cm³/mol. The van der Waals surface area contributed by atoms with E-state index >= 15 is 0 Å². The van der Waals surface area contributed by atoms with Crippen molar-refractivity contribution in [3.8, 4) is 5.75 Å². The molecule has 0 saturated carbocycles. The summed E-state index contributed by atoms with van der Waals surface area (Å²) >= 11 is 1.45. The normalized spacial score (nSPS) is 19.8. The molecule has 1 amide bonds. The number of fused-ring (bicyclic) bond motifs is 1. The van der Waals surface area contributed by atoms with E-state index in [1.54, 1.807) is 18.2 Å². The SMILES string of the molecule is Cc1ccc(N2C(=O)C(=O)/C(=C(\O)c3ccc4c(c3)N(C)CCO4)C2c2cccs2)cc1. The van der Waals surface area contributed by atoms with Gasteiger partial charge in [-0.3, -0.25) is 14.5 Å². The topological polar surface area (TPSA) is 70.1 Å². The number of thiophene rings is 1. The van der Waals surface area contributed by atoms with Crippen molar-refractivity contribution in [2.45, 2.75) is 13.0 Å². The molecule has 3 aromatic rings. The molecule has 1 saturated heterocycles. The van der Waals surface area contributed by atoms with Crippen LogP contribution in [0, 0.1) is 6.92 Å². The van der Waals surface area contributed by atoms with Crippen LogP contribution in [0.4, 0.5) is 11.4 Å². The Morgan fingerprint density at radius 1 is 1.12 bits per heavy atom. The molecule has 6 nitrogen and oxygen atoms in total. The number of aliphatic hydroxyl groups is 1. The van der Waals surface area contributed by atoms with Gasteiger partial charge in [-0.15, -0.1) is 11.3 Å². The number of hydrogen-bond donors (Lipinski definition) is 1.